The summed E-state index contributed by atoms with van der Waals surface area (Å²) in [6.45, 7) is 9.01. The minimum Gasteiger partial charge on any atom is -0.329 e. The molecule has 102 valence electrons. The van der Waals surface area contributed by atoms with Crippen LogP contribution in [0, 0.1) is 11.7 Å². The van der Waals surface area contributed by atoms with Gasteiger partial charge in [0.15, 0.2) is 0 Å². The molecule has 2 nitrogen and oxygen atoms in total. The van der Waals surface area contributed by atoms with Crippen LogP contribution in [0.4, 0.5) is 4.39 Å². The third-order valence-corrected chi connectivity index (χ3v) is 4.40. The summed E-state index contributed by atoms with van der Waals surface area (Å²) in [5.74, 6) is 0.252. The second kappa shape index (κ2) is 5.81. The fourth-order valence-electron chi connectivity index (χ4n) is 2.25. The van der Waals surface area contributed by atoms with E-state index in [9.17, 15) is 4.39 Å². The van der Waals surface area contributed by atoms with Crippen molar-refractivity contribution in [3.8, 4) is 0 Å². The lowest BCUT2D eigenvalue weighted by atomic mass is 9.85. The Bertz CT molecular complexity index is 392. The highest BCUT2D eigenvalue weighted by Gasteiger charge is 2.35. The van der Waals surface area contributed by atoms with E-state index in [1.165, 1.54) is 6.07 Å². The molecule has 0 aromatic heterocycles. The number of halogens is 1. The molecular weight excluding hydrogens is 227 g/mol. The molecule has 0 saturated heterocycles. The summed E-state index contributed by atoms with van der Waals surface area (Å²) in [4.78, 5) is 2.18. The van der Waals surface area contributed by atoms with Gasteiger partial charge in [-0.05, 0) is 32.9 Å². The highest BCUT2D eigenvalue weighted by molar-refractivity contribution is 5.21. The maximum absolute atomic E-state index is 13.8. The van der Waals surface area contributed by atoms with Crippen LogP contribution >= 0.6 is 0 Å². The average Bonchev–Trinajstić information content (AvgIpc) is 2.36. The van der Waals surface area contributed by atoms with E-state index in [-0.39, 0.29) is 17.4 Å². The van der Waals surface area contributed by atoms with Crippen molar-refractivity contribution >= 4 is 0 Å². The van der Waals surface area contributed by atoms with Gasteiger partial charge in [0, 0.05) is 23.7 Å². The Morgan fingerprint density at radius 3 is 2.28 bits per heavy atom. The van der Waals surface area contributed by atoms with Crippen LogP contribution in [-0.2, 0) is 0 Å². The zero-order valence-corrected chi connectivity index (χ0v) is 12.1. The topological polar surface area (TPSA) is 29.3 Å². The van der Waals surface area contributed by atoms with Crippen LogP contribution < -0.4 is 5.73 Å². The first-order chi connectivity index (χ1) is 8.34. The first-order valence-corrected chi connectivity index (χ1v) is 6.52. The summed E-state index contributed by atoms with van der Waals surface area (Å²) < 4.78 is 13.8. The van der Waals surface area contributed by atoms with Crippen LogP contribution in [0.25, 0.3) is 0 Å². The summed E-state index contributed by atoms with van der Waals surface area (Å²) in [6, 6.07) is 6.94. The van der Waals surface area contributed by atoms with Crippen molar-refractivity contribution in [3.63, 3.8) is 0 Å². The Balaban J connectivity index is 3.04. The fourth-order valence-corrected chi connectivity index (χ4v) is 2.25. The van der Waals surface area contributed by atoms with Gasteiger partial charge in [0.05, 0.1) is 0 Å². The Labute approximate surface area is 110 Å². The Kier molecular flexibility index (Phi) is 4.88. The van der Waals surface area contributed by atoms with Gasteiger partial charge in [-0.15, -0.1) is 0 Å². The predicted octanol–water partition coefficient (Wildman–Crippen LogP) is 3.19. The highest BCUT2D eigenvalue weighted by Crippen LogP contribution is 2.31. The number of rotatable bonds is 5. The lowest BCUT2D eigenvalue weighted by molar-refractivity contribution is 0.0575. The lowest BCUT2D eigenvalue weighted by Gasteiger charge is -2.45. The van der Waals surface area contributed by atoms with Gasteiger partial charge in [-0.1, -0.05) is 32.0 Å². The lowest BCUT2D eigenvalue weighted by Crippen LogP contribution is -2.54. The molecule has 0 heterocycles. The smallest absolute Gasteiger partial charge is 0.127 e. The molecule has 0 aliphatic heterocycles. The monoisotopic (exact) mass is 252 g/mol. The zero-order chi connectivity index (χ0) is 13.9. The van der Waals surface area contributed by atoms with E-state index in [0.29, 0.717) is 12.5 Å². The van der Waals surface area contributed by atoms with E-state index >= 15 is 0 Å². The van der Waals surface area contributed by atoms with Crippen LogP contribution in [0.3, 0.4) is 0 Å². The molecule has 2 N–H and O–H groups in total. The van der Waals surface area contributed by atoms with E-state index in [0.717, 1.165) is 5.56 Å². The molecule has 1 rings (SSSR count). The number of likely N-dealkylation sites (N-methyl/N-ethyl adjacent to an activating group) is 1. The Hall–Kier alpha value is -0.930. The van der Waals surface area contributed by atoms with E-state index in [1.807, 2.05) is 26.1 Å². The van der Waals surface area contributed by atoms with Crippen molar-refractivity contribution in [2.45, 2.75) is 39.3 Å². The maximum atomic E-state index is 13.8. The molecular formula is C15H25FN2. The number of nitrogens with zero attached hydrogens (tertiary/aromatic N) is 1. The molecule has 0 radical (unpaired) electrons. The molecule has 0 saturated carbocycles. The Morgan fingerprint density at radius 1 is 1.28 bits per heavy atom. The molecule has 0 spiro atoms. The molecule has 18 heavy (non-hydrogen) atoms. The number of hydrogen-bond donors (Lipinski definition) is 1. The van der Waals surface area contributed by atoms with Gasteiger partial charge in [-0.3, -0.25) is 4.90 Å². The first-order valence-electron chi connectivity index (χ1n) is 6.52. The van der Waals surface area contributed by atoms with E-state index in [4.69, 9.17) is 5.73 Å². The van der Waals surface area contributed by atoms with Crippen molar-refractivity contribution in [3.05, 3.63) is 35.6 Å². The van der Waals surface area contributed by atoms with E-state index < -0.39 is 0 Å². The van der Waals surface area contributed by atoms with E-state index in [2.05, 4.69) is 25.7 Å². The third kappa shape index (κ3) is 2.73. The van der Waals surface area contributed by atoms with Gasteiger partial charge in [0.25, 0.3) is 0 Å². The highest BCUT2D eigenvalue weighted by atomic mass is 19.1. The first kappa shape index (κ1) is 15.1. The fraction of sp³-hybridized carbons (Fsp3) is 0.600. The SMILES string of the molecule is CC(c1ccccc1F)N(C)C(C)(CN)C(C)C. The number of nitrogens with two attached hydrogens (primary N) is 1. The minimum atomic E-state index is -0.153. The molecule has 3 heteroatoms. The van der Waals surface area contributed by atoms with Crippen molar-refractivity contribution < 1.29 is 4.39 Å². The van der Waals surface area contributed by atoms with Crippen molar-refractivity contribution in [1.29, 1.82) is 0 Å². The summed E-state index contributed by atoms with van der Waals surface area (Å²) in [7, 11) is 2.02. The van der Waals surface area contributed by atoms with Crippen LogP contribution in [0.15, 0.2) is 24.3 Å². The van der Waals surface area contributed by atoms with Gasteiger partial charge >= 0.3 is 0 Å². The van der Waals surface area contributed by atoms with Gasteiger partial charge in [-0.2, -0.15) is 0 Å². The summed E-state index contributed by atoms with van der Waals surface area (Å²) in [5.41, 5.74) is 6.51. The molecule has 0 fully saturated rings. The van der Waals surface area contributed by atoms with Gasteiger partial charge in [-0.25, -0.2) is 4.39 Å². The molecule has 1 aromatic carbocycles. The third-order valence-electron chi connectivity index (χ3n) is 4.40. The van der Waals surface area contributed by atoms with Crippen LogP contribution in [0.2, 0.25) is 0 Å². The Morgan fingerprint density at radius 2 is 1.83 bits per heavy atom. The second-order valence-corrected chi connectivity index (χ2v) is 5.52. The molecule has 0 bridgehead atoms. The summed E-state index contributed by atoms with van der Waals surface area (Å²) in [5, 5.41) is 0. The van der Waals surface area contributed by atoms with Crippen molar-refractivity contribution in [2.75, 3.05) is 13.6 Å². The molecule has 2 unspecified atom stereocenters. The second-order valence-electron chi connectivity index (χ2n) is 5.52. The molecule has 2 atom stereocenters. The van der Waals surface area contributed by atoms with Gasteiger partial charge < -0.3 is 5.73 Å². The summed E-state index contributed by atoms with van der Waals surface area (Å²) in [6.07, 6.45) is 0. The van der Waals surface area contributed by atoms with Crippen LogP contribution in [0.1, 0.15) is 39.3 Å². The van der Waals surface area contributed by atoms with Crippen molar-refractivity contribution in [1.82, 2.24) is 4.90 Å². The summed E-state index contributed by atoms with van der Waals surface area (Å²) >= 11 is 0. The van der Waals surface area contributed by atoms with Gasteiger partial charge in [0.2, 0.25) is 0 Å². The van der Waals surface area contributed by atoms with E-state index in [1.54, 1.807) is 6.07 Å². The molecule has 0 aliphatic carbocycles. The average molecular weight is 252 g/mol. The van der Waals surface area contributed by atoms with Crippen molar-refractivity contribution in [2.24, 2.45) is 11.7 Å². The minimum absolute atomic E-state index is 0.00199. The standard InChI is InChI=1S/C15H25FN2/c1-11(2)15(4,10-17)18(5)12(3)13-8-6-7-9-14(13)16/h6-9,11-12H,10,17H2,1-5H3. The molecule has 0 amide bonds. The van der Waals surface area contributed by atoms with Crippen LogP contribution in [-0.4, -0.2) is 24.0 Å². The van der Waals surface area contributed by atoms with Gasteiger partial charge in [0.1, 0.15) is 5.82 Å². The number of hydrogen-bond acceptors (Lipinski definition) is 2. The normalized spacial score (nSPS) is 16.9. The predicted molar refractivity (Wildman–Crippen MR) is 74.9 cm³/mol. The molecule has 1 aromatic rings. The zero-order valence-electron chi connectivity index (χ0n) is 12.1. The largest absolute Gasteiger partial charge is 0.329 e. The maximum Gasteiger partial charge on any atom is 0.127 e. The quantitative estimate of drug-likeness (QED) is 0.872. The molecule has 0 aliphatic rings. The number of benzene rings is 1. The van der Waals surface area contributed by atoms with Crippen LogP contribution in [0.5, 0.6) is 0 Å².